The molecule has 0 aliphatic rings. The Hall–Kier alpha value is -4.04. The highest BCUT2D eigenvalue weighted by Gasteiger charge is 2.20. The summed E-state index contributed by atoms with van der Waals surface area (Å²) in [6.45, 7) is 3.07. The molecule has 4 rings (SSSR count). The van der Waals surface area contributed by atoms with Crippen LogP contribution in [0, 0.1) is 10.1 Å². The fourth-order valence-corrected chi connectivity index (χ4v) is 3.70. The van der Waals surface area contributed by atoms with Gasteiger partial charge in [-0.25, -0.2) is 9.78 Å². The number of rotatable bonds is 8. The van der Waals surface area contributed by atoms with E-state index in [2.05, 4.69) is 4.98 Å². The number of carbonyl (C=O) groups is 1. The minimum atomic E-state index is -0.975. The predicted octanol–water partition coefficient (Wildman–Crippen LogP) is 4.89. The third-order valence-corrected chi connectivity index (χ3v) is 5.23. The van der Waals surface area contributed by atoms with E-state index >= 15 is 0 Å². The number of imidazole rings is 1. The Bertz CT molecular complexity index is 1290. The highest BCUT2D eigenvalue weighted by molar-refractivity contribution is 5.96. The van der Waals surface area contributed by atoms with Crippen LogP contribution in [0.15, 0.2) is 66.7 Å². The number of hydrogen-bond acceptors (Lipinski definition) is 5. The zero-order chi connectivity index (χ0) is 22.7. The van der Waals surface area contributed by atoms with Crippen LogP contribution in [0.3, 0.4) is 0 Å². The lowest BCUT2D eigenvalue weighted by molar-refractivity contribution is -0.383. The maximum atomic E-state index is 11.5. The van der Waals surface area contributed by atoms with Gasteiger partial charge in [-0.2, -0.15) is 0 Å². The average Bonchev–Trinajstić information content (AvgIpc) is 3.15. The van der Waals surface area contributed by atoms with Gasteiger partial charge in [0.05, 0.1) is 16.0 Å². The minimum absolute atomic E-state index is 0.0420. The highest BCUT2D eigenvalue weighted by Crippen LogP contribution is 2.28. The van der Waals surface area contributed by atoms with Crippen LogP contribution >= 0.6 is 0 Å². The maximum Gasteiger partial charge on any atom is 0.336 e. The minimum Gasteiger partial charge on any atom is -0.478 e. The Labute approximate surface area is 183 Å². The van der Waals surface area contributed by atoms with Gasteiger partial charge in [0.15, 0.2) is 5.52 Å². The van der Waals surface area contributed by atoms with Gasteiger partial charge in [0.2, 0.25) is 0 Å². The molecule has 162 valence electrons. The zero-order valence-corrected chi connectivity index (χ0v) is 17.4. The van der Waals surface area contributed by atoms with Crippen LogP contribution in [0.4, 0.5) is 5.69 Å². The first kappa shape index (κ1) is 21.2. The molecule has 0 aliphatic carbocycles. The molecule has 8 nitrogen and oxygen atoms in total. The van der Waals surface area contributed by atoms with Crippen LogP contribution < -0.4 is 0 Å². The van der Waals surface area contributed by atoms with Crippen molar-refractivity contribution < 1.29 is 19.6 Å². The molecule has 0 aliphatic heterocycles. The lowest BCUT2D eigenvalue weighted by Gasteiger charge is -2.11. The van der Waals surface area contributed by atoms with Gasteiger partial charge in [-0.1, -0.05) is 48.5 Å². The van der Waals surface area contributed by atoms with Gasteiger partial charge in [-0.3, -0.25) is 10.1 Å². The van der Waals surface area contributed by atoms with Crippen molar-refractivity contribution >= 4 is 22.7 Å². The Kier molecular flexibility index (Phi) is 5.96. The summed E-state index contributed by atoms with van der Waals surface area (Å²) in [7, 11) is 0. The Balaban J connectivity index is 1.71. The molecule has 0 amide bonds. The molecule has 32 heavy (non-hydrogen) atoms. The molecular formula is C24H21N3O5. The summed E-state index contributed by atoms with van der Waals surface area (Å²) in [5.74, 6) is -0.367. The van der Waals surface area contributed by atoms with Crippen molar-refractivity contribution in [2.24, 2.45) is 0 Å². The van der Waals surface area contributed by atoms with E-state index in [1.54, 1.807) is 30.3 Å². The van der Waals surface area contributed by atoms with Crippen LogP contribution in [-0.2, 0) is 17.9 Å². The van der Waals surface area contributed by atoms with Crippen LogP contribution in [0.25, 0.3) is 22.2 Å². The third kappa shape index (κ3) is 4.08. The summed E-state index contributed by atoms with van der Waals surface area (Å²) in [5.41, 5.74) is 3.59. The van der Waals surface area contributed by atoms with Crippen molar-refractivity contribution in [3.8, 4) is 11.1 Å². The number of non-ortho nitro benzene ring substituents is 1. The Morgan fingerprint density at radius 1 is 1.09 bits per heavy atom. The van der Waals surface area contributed by atoms with Crippen LogP contribution in [0.1, 0.15) is 28.7 Å². The molecule has 0 bridgehead atoms. The molecule has 1 aromatic heterocycles. The number of benzene rings is 3. The summed E-state index contributed by atoms with van der Waals surface area (Å²) < 4.78 is 7.45. The largest absolute Gasteiger partial charge is 0.478 e. The monoisotopic (exact) mass is 431 g/mol. The van der Waals surface area contributed by atoms with E-state index in [4.69, 9.17) is 4.74 Å². The molecule has 1 N–H and O–H groups in total. The number of nitrogens with zero attached hydrogens (tertiary/aromatic N) is 3. The van der Waals surface area contributed by atoms with E-state index in [-0.39, 0.29) is 17.9 Å². The number of ether oxygens (including phenoxy) is 1. The van der Waals surface area contributed by atoms with Crippen molar-refractivity contribution in [2.45, 2.75) is 20.1 Å². The van der Waals surface area contributed by atoms with Gasteiger partial charge in [0, 0.05) is 19.2 Å². The van der Waals surface area contributed by atoms with Crippen LogP contribution in [0.5, 0.6) is 0 Å². The first-order valence-electron chi connectivity index (χ1n) is 10.1. The van der Waals surface area contributed by atoms with E-state index in [9.17, 15) is 20.0 Å². The van der Waals surface area contributed by atoms with Crippen LogP contribution in [-0.4, -0.2) is 32.2 Å². The summed E-state index contributed by atoms with van der Waals surface area (Å²) >= 11 is 0. The normalized spacial score (nSPS) is 11.0. The summed E-state index contributed by atoms with van der Waals surface area (Å²) in [5, 5.41) is 20.9. The quantitative estimate of drug-likeness (QED) is 0.314. The molecular weight excluding hydrogens is 410 g/mol. The number of carboxylic acids is 1. The average molecular weight is 431 g/mol. The van der Waals surface area contributed by atoms with Gasteiger partial charge in [0.1, 0.15) is 12.4 Å². The Morgan fingerprint density at radius 2 is 1.84 bits per heavy atom. The van der Waals surface area contributed by atoms with E-state index in [0.29, 0.717) is 35.6 Å². The van der Waals surface area contributed by atoms with Crippen molar-refractivity contribution in [3.63, 3.8) is 0 Å². The molecule has 0 unspecified atom stereocenters. The van der Waals surface area contributed by atoms with Gasteiger partial charge >= 0.3 is 5.97 Å². The van der Waals surface area contributed by atoms with E-state index in [0.717, 1.165) is 11.1 Å². The molecule has 8 heteroatoms. The predicted molar refractivity (Wildman–Crippen MR) is 120 cm³/mol. The number of nitro groups is 1. The van der Waals surface area contributed by atoms with Gasteiger partial charge in [-0.15, -0.1) is 0 Å². The van der Waals surface area contributed by atoms with Gasteiger partial charge in [-0.05, 0) is 35.7 Å². The number of nitro benzene ring substituents is 1. The number of fused-ring (bicyclic) bond motifs is 1. The van der Waals surface area contributed by atoms with Crippen LogP contribution in [0.2, 0.25) is 0 Å². The molecule has 4 aromatic rings. The number of aromatic nitrogens is 2. The molecule has 0 radical (unpaired) electrons. The van der Waals surface area contributed by atoms with Crippen molar-refractivity contribution in [1.29, 1.82) is 0 Å². The molecule has 0 atom stereocenters. The number of para-hydroxylation sites is 1. The summed E-state index contributed by atoms with van der Waals surface area (Å²) in [6, 6.07) is 19.4. The first-order chi connectivity index (χ1) is 15.5. The number of aromatic carboxylic acids is 1. The van der Waals surface area contributed by atoms with Crippen molar-refractivity contribution in [3.05, 3.63) is 93.8 Å². The first-order valence-corrected chi connectivity index (χ1v) is 10.1. The number of hydrogen-bond donors (Lipinski definition) is 1. The molecule has 0 spiro atoms. The number of carboxylic acid groups (broad SMARTS) is 1. The van der Waals surface area contributed by atoms with E-state index < -0.39 is 10.9 Å². The van der Waals surface area contributed by atoms with Gasteiger partial charge in [0.25, 0.3) is 5.69 Å². The van der Waals surface area contributed by atoms with Gasteiger partial charge < -0.3 is 14.4 Å². The van der Waals surface area contributed by atoms with E-state index in [1.807, 2.05) is 41.8 Å². The Morgan fingerprint density at radius 3 is 2.53 bits per heavy atom. The summed E-state index contributed by atoms with van der Waals surface area (Å²) in [6.07, 6.45) is 0. The maximum absolute atomic E-state index is 11.5. The molecule has 3 aromatic carbocycles. The SMILES string of the molecule is CCOCc1nc2c([N+](=O)[O-])cccc2n1Cc1ccc(-c2ccccc2C(=O)O)cc1. The smallest absolute Gasteiger partial charge is 0.336 e. The zero-order valence-electron chi connectivity index (χ0n) is 17.4. The summed E-state index contributed by atoms with van der Waals surface area (Å²) in [4.78, 5) is 27.0. The molecule has 0 saturated carbocycles. The second-order valence-corrected chi connectivity index (χ2v) is 7.20. The third-order valence-electron chi connectivity index (χ3n) is 5.23. The lowest BCUT2D eigenvalue weighted by Crippen LogP contribution is -2.07. The molecule has 0 saturated heterocycles. The standard InChI is InChI=1S/C24H21N3O5/c1-2-32-15-22-25-23-20(8-5-9-21(23)27(30)31)26(22)14-16-10-12-17(13-11-16)18-6-3-4-7-19(18)24(28)29/h3-13H,2,14-15H2,1H3,(H,28,29). The fourth-order valence-electron chi connectivity index (χ4n) is 3.70. The second-order valence-electron chi connectivity index (χ2n) is 7.20. The van der Waals surface area contributed by atoms with E-state index in [1.165, 1.54) is 6.07 Å². The molecule has 0 fully saturated rings. The topological polar surface area (TPSA) is 107 Å². The lowest BCUT2D eigenvalue weighted by atomic mass is 9.99. The highest BCUT2D eigenvalue weighted by atomic mass is 16.6. The molecule has 1 heterocycles. The van der Waals surface area contributed by atoms with Crippen molar-refractivity contribution in [2.75, 3.05) is 6.61 Å². The van der Waals surface area contributed by atoms with Crippen molar-refractivity contribution in [1.82, 2.24) is 9.55 Å². The fraction of sp³-hybridized carbons (Fsp3) is 0.167. The second kappa shape index (κ2) is 8.99.